The second kappa shape index (κ2) is 8.06. The van der Waals surface area contributed by atoms with Crippen LogP contribution in [0.5, 0.6) is 0 Å². The van der Waals surface area contributed by atoms with Crippen LogP contribution in [0, 0.1) is 5.92 Å². The SMILES string of the molecule is CCCC1CCC(Nc2ccccc2CC(=O)NC)CC1. The van der Waals surface area contributed by atoms with Crippen molar-refractivity contribution in [1.29, 1.82) is 0 Å². The highest BCUT2D eigenvalue weighted by atomic mass is 16.1. The van der Waals surface area contributed by atoms with Gasteiger partial charge >= 0.3 is 0 Å². The van der Waals surface area contributed by atoms with Gasteiger partial charge in [0.15, 0.2) is 0 Å². The summed E-state index contributed by atoms with van der Waals surface area (Å²) >= 11 is 0. The first-order valence-corrected chi connectivity index (χ1v) is 8.28. The van der Waals surface area contributed by atoms with Gasteiger partial charge < -0.3 is 10.6 Å². The van der Waals surface area contributed by atoms with Crippen LogP contribution in [-0.2, 0) is 11.2 Å². The maximum absolute atomic E-state index is 11.6. The quantitative estimate of drug-likeness (QED) is 0.837. The summed E-state index contributed by atoms with van der Waals surface area (Å²) < 4.78 is 0. The second-order valence-electron chi connectivity index (χ2n) is 6.16. The van der Waals surface area contributed by atoms with Crippen LogP contribution in [0.2, 0.25) is 0 Å². The van der Waals surface area contributed by atoms with Gasteiger partial charge in [0.1, 0.15) is 0 Å². The molecule has 21 heavy (non-hydrogen) atoms. The van der Waals surface area contributed by atoms with Crippen LogP contribution < -0.4 is 10.6 Å². The van der Waals surface area contributed by atoms with Crippen LogP contribution >= 0.6 is 0 Å². The Balaban J connectivity index is 1.92. The highest BCUT2D eigenvalue weighted by Gasteiger charge is 2.21. The number of carbonyl (C=O) groups is 1. The van der Waals surface area contributed by atoms with E-state index in [0.717, 1.165) is 17.2 Å². The van der Waals surface area contributed by atoms with Gasteiger partial charge in [0, 0.05) is 18.8 Å². The Kier molecular flexibility index (Phi) is 6.09. The first-order valence-electron chi connectivity index (χ1n) is 8.28. The minimum atomic E-state index is 0.0657. The van der Waals surface area contributed by atoms with Crippen molar-refractivity contribution in [2.24, 2.45) is 5.92 Å². The number of amides is 1. The molecule has 1 amide bonds. The van der Waals surface area contributed by atoms with Gasteiger partial charge in [-0.25, -0.2) is 0 Å². The first kappa shape index (κ1) is 15.9. The average Bonchev–Trinajstić information content (AvgIpc) is 2.51. The summed E-state index contributed by atoms with van der Waals surface area (Å²) in [6.45, 7) is 2.28. The molecule has 0 heterocycles. The van der Waals surface area contributed by atoms with E-state index in [2.05, 4.69) is 23.6 Å². The van der Waals surface area contributed by atoms with Crippen molar-refractivity contribution in [3.63, 3.8) is 0 Å². The molecule has 3 heteroatoms. The topological polar surface area (TPSA) is 41.1 Å². The molecule has 1 saturated carbocycles. The fourth-order valence-corrected chi connectivity index (χ4v) is 3.30. The van der Waals surface area contributed by atoms with E-state index in [1.54, 1.807) is 7.05 Å². The summed E-state index contributed by atoms with van der Waals surface area (Å²) in [6, 6.07) is 8.74. The number of hydrogen-bond acceptors (Lipinski definition) is 2. The zero-order chi connectivity index (χ0) is 15.1. The normalized spacial score (nSPS) is 21.8. The van der Waals surface area contributed by atoms with Gasteiger partial charge in [-0.1, -0.05) is 38.0 Å². The number of benzene rings is 1. The fourth-order valence-electron chi connectivity index (χ4n) is 3.30. The summed E-state index contributed by atoms with van der Waals surface area (Å²) in [5, 5.41) is 6.36. The van der Waals surface area contributed by atoms with Crippen molar-refractivity contribution in [1.82, 2.24) is 5.32 Å². The molecule has 2 N–H and O–H groups in total. The summed E-state index contributed by atoms with van der Waals surface area (Å²) in [7, 11) is 1.69. The standard InChI is InChI=1S/C18H28N2O/c1-3-6-14-9-11-16(12-10-14)20-17-8-5-4-7-15(17)13-18(21)19-2/h4-5,7-8,14,16,20H,3,6,9-13H2,1-2H3,(H,19,21). The molecule has 0 unspecified atom stereocenters. The van der Waals surface area contributed by atoms with Crippen molar-refractivity contribution in [2.75, 3.05) is 12.4 Å². The van der Waals surface area contributed by atoms with E-state index in [1.165, 1.54) is 38.5 Å². The van der Waals surface area contributed by atoms with Gasteiger partial charge in [0.25, 0.3) is 0 Å². The van der Waals surface area contributed by atoms with E-state index in [1.807, 2.05) is 18.2 Å². The Morgan fingerprint density at radius 3 is 2.57 bits per heavy atom. The zero-order valence-electron chi connectivity index (χ0n) is 13.3. The molecule has 0 saturated heterocycles. The summed E-state index contributed by atoms with van der Waals surface area (Å²) in [5.41, 5.74) is 2.22. The Morgan fingerprint density at radius 2 is 1.90 bits per heavy atom. The molecule has 0 spiro atoms. The molecule has 1 fully saturated rings. The first-order chi connectivity index (χ1) is 10.2. The Bertz CT molecular complexity index is 450. The molecule has 1 aromatic rings. The molecule has 0 atom stereocenters. The number of likely N-dealkylation sites (N-methyl/N-ethyl adjacent to an activating group) is 1. The molecule has 3 nitrogen and oxygen atoms in total. The zero-order valence-corrected chi connectivity index (χ0v) is 13.3. The molecule has 0 bridgehead atoms. The van der Waals surface area contributed by atoms with Gasteiger partial charge in [-0.3, -0.25) is 4.79 Å². The number of hydrogen-bond donors (Lipinski definition) is 2. The van der Waals surface area contributed by atoms with Crippen LogP contribution in [0.1, 0.15) is 51.0 Å². The maximum atomic E-state index is 11.6. The van der Waals surface area contributed by atoms with Crippen LogP contribution in [0.15, 0.2) is 24.3 Å². The lowest BCUT2D eigenvalue weighted by molar-refractivity contribution is -0.119. The number of anilines is 1. The molecular weight excluding hydrogens is 260 g/mol. The number of para-hydroxylation sites is 1. The van der Waals surface area contributed by atoms with E-state index >= 15 is 0 Å². The third-order valence-corrected chi connectivity index (χ3v) is 4.55. The second-order valence-corrected chi connectivity index (χ2v) is 6.16. The van der Waals surface area contributed by atoms with Gasteiger partial charge in [0.2, 0.25) is 5.91 Å². The molecule has 116 valence electrons. The molecular formula is C18H28N2O. The van der Waals surface area contributed by atoms with Gasteiger partial charge in [0.05, 0.1) is 6.42 Å². The maximum Gasteiger partial charge on any atom is 0.224 e. The van der Waals surface area contributed by atoms with Gasteiger partial charge in [-0.2, -0.15) is 0 Å². The lowest BCUT2D eigenvalue weighted by Gasteiger charge is -2.30. The van der Waals surface area contributed by atoms with Crippen LogP contribution in [0.4, 0.5) is 5.69 Å². The van der Waals surface area contributed by atoms with Crippen molar-refractivity contribution in [2.45, 2.75) is 57.9 Å². The number of carbonyl (C=O) groups excluding carboxylic acids is 1. The lowest BCUT2D eigenvalue weighted by atomic mass is 9.83. The summed E-state index contributed by atoms with van der Waals surface area (Å²) in [4.78, 5) is 11.6. The molecule has 2 rings (SSSR count). The predicted octanol–water partition coefficient (Wildman–Crippen LogP) is 3.75. The summed E-state index contributed by atoms with van der Waals surface area (Å²) in [6.07, 6.45) is 8.30. The minimum Gasteiger partial charge on any atom is -0.382 e. The molecule has 0 aromatic heterocycles. The molecule has 1 aliphatic carbocycles. The van der Waals surface area contributed by atoms with E-state index in [9.17, 15) is 4.79 Å². The van der Waals surface area contributed by atoms with Crippen molar-refractivity contribution in [3.05, 3.63) is 29.8 Å². The highest BCUT2D eigenvalue weighted by molar-refractivity contribution is 5.80. The highest BCUT2D eigenvalue weighted by Crippen LogP contribution is 2.30. The molecule has 1 aromatic carbocycles. The Morgan fingerprint density at radius 1 is 1.19 bits per heavy atom. The smallest absolute Gasteiger partial charge is 0.224 e. The Labute approximate surface area is 128 Å². The fraction of sp³-hybridized carbons (Fsp3) is 0.611. The van der Waals surface area contributed by atoms with E-state index in [0.29, 0.717) is 12.5 Å². The van der Waals surface area contributed by atoms with Crippen molar-refractivity contribution < 1.29 is 4.79 Å². The van der Waals surface area contributed by atoms with E-state index in [-0.39, 0.29) is 5.91 Å². The van der Waals surface area contributed by atoms with E-state index < -0.39 is 0 Å². The monoisotopic (exact) mass is 288 g/mol. The predicted molar refractivity (Wildman–Crippen MR) is 88.5 cm³/mol. The number of nitrogens with one attached hydrogen (secondary N) is 2. The molecule has 0 aliphatic heterocycles. The average molecular weight is 288 g/mol. The van der Waals surface area contributed by atoms with Gasteiger partial charge in [-0.15, -0.1) is 0 Å². The minimum absolute atomic E-state index is 0.0657. The van der Waals surface area contributed by atoms with Crippen LogP contribution in [-0.4, -0.2) is 19.0 Å². The molecule has 1 aliphatic rings. The third-order valence-electron chi connectivity index (χ3n) is 4.55. The van der Waals surface area contributed by atoms with Crippen molar-refractivity contribution in [3.8, 4) is 0 Å². The number of rotatable bonds is 6. The molecule has 0 radical (unpaired) electrons. The van der Waals surface area contributed by atoms with Crippen LogP contribution in [0.3, 0.4) is 0 Å². The lowest BCUT2D eigenvalue weighted by Crippen LogP contribution is -2.27. The van der Waals surface area contributed by atoms with Crippen molar-refractivity contribution >= 4 is 11.6 Å². The van der Waals surface area contributed by atoms with E-state index in [4.69, 9.17) is 0 Å². The Hall–Kier alpha value is -1.51. The van der Waals surface area contributed by atoms with Crippen LogP contribution in [0.25, 0.3) is 0 Å². The van der Waals surface area contributed by atoms with Gasteiger partial charge in [-0.05, 0) is 43.2 Å². The largest absolute Gasteiger partial charge is 0.382 e. The third kappa shape index (κ3) is 4.76. The summed E-state index contributed by atoms with van der Waals surface area (Å²) in [5.74, 6) is 0.991.